The second kappa shape index (κ2) is 6.38. The predicted octanol–water partition coefficient (Wildman–Crippen LogP) is 3.29. The van der Waals surface area contributed by atoms with Crippen molar-refractivity contribution in [2.24, 2.45) is 4.99 Å². The number of carbonyl (C=O) groups excluding carboxylic acids is 1. The molecule has 0 saturated heterocycles. The van der Waals surface area contributed by atoms with E-state index in [4.69, 9.17) is 23.2 Å². The molecule has 2 aliphatic heterocycles. The first kappa shape index (κ1) is 14.9. The fraction of sp³-hybridized carbons (Fsp3) is 0.125. The standard InChI is InChI=1S/C16H13Cl2N3O/c17-12-5-4-11(9-13(12)18)10-19-16(22)14-6-8-21-7-2-1-3-15(21)20-14/h1-7,9H,8,10H2,(H,19,22). The SMILES string of the molecule is O=C(NCc1ccc(Cl)c(Cl)c1)C1=CCN2C=CC=CC2=N1. The summed E-state index contributed by atoms with van der Waals surface area (Å²) in [5.41, 5.74) is 1.31. The fourth-order valence-corrected chi connectivity index (χ4v) is 2.46. The van der Waals surface area contributed by atoms with E-state index in [0.717, 1.165) is 11.4 Å². The molecule has 0 atom stereocenters. The normalized spacial score (nSPS) is 16.0. The van der Waals surface area contributed by atoms with E-state index in [1.54, 1.807) is 18.2 Å². The van der Waals surface area contributed by atoms with Gasteiger partial charge in [0, 0.05) is 19.3 Å². The van der Waals surface area contributed by atoms with Crippen LogP contribution in [0.2, 0.25) is 10.0 Å². The summed E-state index contributed by atoms with van der Waals surface area (Å²) in [7, 11) is 0. The van der Waals surface area contributed by atoms with Gasteiger partial charge in [0.15, 0.2) is 0 Å². The molecule has 1 N–H and O–H groups in total. The number of nitrogens with zero attached hydrogens (tertiary/aromatic N) is 2. The lowest BCUT2D eigenvalue weighted by molar-refractivity contribution is -0.117. The molecule has 0 saturated carbocycles. The summed E-state index contributed by atoms with van der Waals surface area (Å²) in [6.07, 6.45) is 9.43. The number of nitrogens with one attached hydrogen (secondary N) is 1. The molecule has 3 rings (SSSR count). The van der Waals surface area contributed by atoms with Crippen LogP contribution in [0.5, 0.6) is 0 Å². The third-order valence-electron chi connectivity index (χ3n) is 3.30. The number of aliphatic imine (C=N–C) groups is 1. The zero-order valence-corrected chi connectivity index (χ0v) is 13.1. The summed E-state index contributed by atoms with van der Waals surface area (Å²) >= 11 is 11.8. The Kier molecular flexibility index (Phi) is 4.32. The van der Waals surface area contributed by atoms with Crippen LogP contribution < -0.4 is 5.32 Å². The third kappa shape index (κ3) is 3.24. The van der Waals surface area contributed by atoms with Gasteiger partial charge in [-0.3, -0.25) is 4.79 Å². The van der Waals surface area contributed by atoms with Crippen molar-refractivity contribution in [1.29, 1.82) is 0 Å². The van der Waals surface area contributed by atoms with Crippen LogP contribution in [0.15, 0.2) is 59.4 Å². The molecule has 0 aromatic heterocycles. The summed E-state index contributed by atoms with van der Waals surface area (Å²) < 4.78 is 0. The van der Waals surface area contributed by atoms with Gasteiger partial charge in [-0.05, 0) is 35.9 Å². The maximum atomic E-state index is 12.2. The highest BCUT2D eigenvalue weighted by molar-refractivity contribution is 6.42. The first-order valence-electron chi connectivity index (χ1n) is 6.76. The molecule has 112 valence electrons. The van der Waals surface area contributed by atoms with Crippen molar-refractivity contribution in [3.8, 4) is 0 Å². The molecule has 4 nitrogen and oxygen atoms in total. The van der Waals surface area contributed by atoms with E-state index in [1.165, 1.54) is 0 Å². The van der Waals surface area contributed by atoms with Crippen molar-refractivity contribution in [3.05, 3.63) is 70.0 Å². The molecular weight excluding hydrogens is 321 g/mol. The summed E-state index contributed by atoms with van der Waals surface area (Å²) in [6.45, 7) is 1.01. The summed E-state index contributed by atoms with van der Waals surface area (Å²) in [4.78, 5) is 18.5. The highest BCUT2D eigenvalue weighted by Crippen LogP contribution is 2.22. The first-order valence-corrected chi connectivity index (χ1v) is 7.51. The van der Waals surface area contributed by atoms with Gasteiger partial charge in [-0.15, -0.1) is 0 Å². The molecule has 0 radical (unpaired) electrons. The Morgan fingerprint density at radius 3 is 2.95 bits per heavy atom. The summed E-state index contributed by atoms with van der Waals surface area (Å²) in [5, 5.41) is 3.80. The molecule has 0 aliphatic carbocycles. The Labute approximate surface area is 138 Å². The monoisotopic (exact) mass is 333 g/mol. The van der Waals surface area contributed by atoms with Gasteiger partial charge in [0.05, 0.1) is 10.0 Å². The second-order valence-electron chi connectivity index (χ2n) is 4.84. The highest BCUT2D eigenvalue weighted by Gasteiger charge is 2.17. The quantitative estimate of drug-likeness (QED) is 0.922. The Morgan fingerprint density at radius 2 is 2.14 bits per heavy atom. The van der Waals surface area contributed by atoms with Crippen LogP contribution >= 0.6 is 23.2 Å². The number of carbonyl (C=O) groups is 1. The zero-order chi connectivity index (χ0) is 15.5. The third-order valence-corrected chi connectivity index (χ3v) is 4.04. The number of amides is 1. The largest absolute Gasteiger partial charge is 0.347 e. The topological polar surface area (TPSA) is 44.7 Å². The Balaban J connectivity index is 1.64. The van der Waals surface area contributed by atoms with Gasteiger partial charge < -0.3 is 10.2 Å². The second-order valence-corrected chi connectivity index (χ2v) is 5.66. The van der Waals surface area contributed by atoms with E-state index in [2.05, 4.69) is 10.3 Å². The van der Waals surface area contributed by atoms with Crippen molar-refractivity contribution in [2.75, 3.05) is 6.54 Å². The average Bonchev–Trinajstić information content (AvgIpc) is 2.55. The lowest BCUT2D eigenvalue weighted by atomic mass is 10.2. The van der Waals surface area contributed by atoms with E-state index < -0.39 is 0 Å². The molecule has 22 heavy (non-hydrogen) atoms. The van der Waals surface area contributed by atoms with Gasteiger partial charge in [0.25, 0.3) is 5.91 Å². The predicted molar refractivity (Wildman–Crippen MR) is 88.8 cm³/mol. The average molecular weight is 334 g/mol. The lowest BCUT2D eigenvalue weighted by Crippen LogP contribution is -2.32. The van der Waals surface area contributed by atoms with Gasteiger partial charge in [0.2, 0.25) is 0 Å². The van der Waals surface area contributed by atoms with E-state index >= 15 is 0 Å². The minimum Gasteiger partial charge on any atom is -0.347 e. The molecule has 2 heterocycles. The van der Waals surface area contributed by atoms with Crippen molar-refractivity contribution in [1.82, 2.24) is 10.2 Å². The lowest BCUT2D eigenvalue weighted by Gasteiger charge is -2.24. The molecule has 6 heteroatoms. The van der Waals surface area contributed by atoms with Gasteiger partial charge in [0.1, 0.15) is 11.5 Å². The maximum absolute atomic E-state index is 12.2. The fourth-order valence-electron chi connectivity index (χ4n) is 2.14. The van der Waals surface area contributed by atoms with Crippen molar-refractivity contribution in [2.45, 2.75) is 6.54 Å². The van der Waals surface area contributed by atoms with Crippen LogP contribution in [0.4, 0.5) is 0 Å². The van der Waals surface area contributed by atoms with Crippen LogP contribution in [0.3, 0.4) is 0 Å². The number of fused-ring (bicyclic) bond motifs is 1. The van der Waals surface area contributed by atoms with Gasteiger partial charge in [-0.2, -0.15) is 0 Å². The van der Waals surface area contributed by atoms with Crippen molar-refractivity contribution in [3.63, 3.8) is 0 Å². The molecule has 0 bridgehead atoms. The number of allylic oxidation sites excluding steroid dienone is 2. The zero-order valence-electron chi connectivity index (χ0n) is 11.6. The van der Waals surface area contributed by atoms with Crippen LogP contribution in [0, 0.1) is 0 Å². The highest BCUT2D eigenvalue weighted by atomic mass is 35.5. The van der Waals surface area contributed by atoms with Crippen LogP contribution in [0.1, 0.15) is 5.56 Å². The van der Waals surface area contributed by atoms with Crippen molar-refractivity contribution < 1.29 is 4.79 Å². The molecule has 0 unspecified atom stereocenters. The number of hydrogen-bond donors (Lipinski definition) is 1. The van der Waals surface area contributed by atoms with E-state index in [9.17, 15) is 4.79 Å². The van der Waals surface area contributed by atoms with E-state index in [1.807, 2.05) is 35.4 Å². The molecule has 1 aromatic carbocycles. The van der Waals surface area contributed by atoms with Crippen LogP contribution in [0.25, 0.3) is 0 Å². The molecular formula is C16H13Cl2N3O. The maximum Gasteiger partial charge on any atom is 0.269 e. The van der Waals surface area contributed by atoms with E-state index in [-0.39, 0.29) is 5.91 Å². The Hall–Kier alpha value is -2.04. The number of benzene rings is 1. The molecule has 1 aromatic rings. The minimum absolute atomic E-state index is 0.207. The molecule has 1 amide bonds. The van der Waals surface area contributed by atoms with Crippen molar-refractivity contribution >= 4 is 34.9 Å². The summed E-state index contributed by atoms with van der Waals surface area (Å²) in [5.74, 6) is 0.561. The number of halogens is 2. The number of rotatable bonds is 3. The summed E-state index contributed by atoms with van der Waals surface area (Å²) in [6, 6.07) is 5.27. The van der Waals surface area contributed by atoms with Gasteiger partial charge in [-0.1, -0.05) is 35.3 Å². The Morgan fingerprint density at radius 1 is 1.27 bits per heavy atom. The van der Waals surface area contributed by atoms with Crippen LogP contribution in [-0.2, 0) is 11.3 Å². The Bertz CT molecular complexity index is 735. The first-order chi connectivity index (χ1) is 10.6. The van der Waals surface area contributed by atoms with Gasteiger partial charge >= 0.3 is 0 Å². The smallest absolute Gasteiger partial charge is 0.269 e. The molecule has 2 aliphatic rings. The van der Waals surface area contributed by atoms with Crippen LogP contribution in [-0.4, -0.2) is 23.2 Å². The number of hydrogen-bond acceptors (Lipinski definition) is 3. The number of amidine groups is 1. The van der Waals surface area contributed by atoms with E-state index in [0.29, 0.717) is 28.8 Å². The molecule has 0 spiro atoms. The molecule has 0 fully saturated rings. The minimum atomic E-state index is -0.207. The van der Waals surface area contributed by atoms with Gasteiger partial charge in [-0.25, -0.2) is 4.99 Å².